The van der Waals surface area contributed by atoms with Gasteiger partial charge >= 0.3 is 5.97 Å². The van der Waals surface area contributed by atoms with Crippen LogP contribution in [0.5, 0.6) is 0 Å². The Labute approximate surface area is 147 Å². The molecule has 3 rings (SSSR count). The van der Waals surface area contributed by atoms with E-state index in [1.807, 2.05) is 18.2 Å². The molecular weight excluding hydrogens is 321 g/mol. The standard InChI is InChI=1S/C19H22FN3O2/c1-2-25-19(24)15-7-8-18(21-13-15)23-11-9-22(10-12-23)14-16-5-3-4-6-17(16)20/h3-8,13H,2,9-12,14H2,1H3. The fourth-order valence-electron chi connectivity index (χ4n) is 2.91. The number of esters is 1. The normalized spacial score (nSPS) is 15.2. The lowest BCUT2D eigenvalue weighted by molar-refractivity contribution is 0.0526. The summed E-state index contributed by atoms with van der Waals surface area (Å²) in [6.45, 7) is 6.08. The fraction of sp³-hybridized carbons (Fsp3) is 0.368. The summed E-state index contributed by atoms with van der Waals surface area (Å²) in [5.74, 6) is 0.344. The molecular formula is C19H22FN3O2. The quantitative estimate of drug-likeness (QED) is 0.781. The summed E-state index contributed by atoms with van der Waals surface area (Å²) in [4.78, 5) is 20.5. The number of hydrogen-bond acceptors (Lipinski definition) is 5. The third-order valence-corrected chi connectivity index (χ3v) is 4.31. The Balaban J connectivity index is 1.55. The third kappa shape index (κ3) is 4.33. The first-order chi connectivity index (χ1) is 12.2. The molecule has 2 heterocycles. The highest BCUT2D eigenvalue weighted by Gasteiger charge is 2.19. The lowest BCUT2D eigenvalue weighted by Gasteiger charge is -2.35. The SMILES string of the molecule is CCOC(=O)c1ccc(N2CCN(Cc3ccccc3F)CC2)nc1. The highest BCUT2D eigenvalue weighted by molar-refractivity contribution is 5.89. The topological polar surface area (TPSA) is 45.7 Å². The maximum atomic E-state index is 13.8. The molecule has 0 bridgehead atoms. The number of aromatic nitrogens is 1. The number of carbonyl (C=O) groups excluding carboxylic acids is 1. The molecule has 0 N–H and O–H groups in total. The van der Waals surface area contributed by atoms with E-state index in [0.29, 0.717) is 18.7 Å². The van der Waals surface area contributed by atoms with Gasteiger partial charge in [-0.1, -0.05) is 18.2 Å². The van der Waals surface area contributed by atoms with Crippen LogP contribution in [0.4, 0.5) is 10.2 Å². The van der Waals surface area contributed by atoms with Gasteiger partial charge < -0.3 is 9.64 Å². The zero-order valence-electron chi connectivity index (χ0n) is 14.3. The Hall–Kier alpha value is -2.47. The van der Waals surface area contributed by atoms with Crippen LogP contribution in [-0.4, -0.2) is 48.6 Å². The van der Waals surface area contributed by atoms with Gasteiger partial charge in [0.1, 0.15) is 11.6 Å². The molecule has 1 aliphatic heterocycles. The van der Waals surface area contributed by atoms with E-state index in [1.54, 1.807) is 25.3 Å². The van der Waals surface area contributed by atoms with Crippen molar-refractivity contribution in [3.63, 3.8) is 0 Å². The molecule has 0 saturated carbocycles. The van der Waals surface area contributed by atoms with Crippen LogP contribution in [0.2, 0.25) is 0 Å². The molecule has 1 aromatic carbocycles. The minimum absolute atomic E-state index is 0.152. The smallest absolute Gasteiger partial charge is 0.339 e. The molecule has 6 heteroatoms. The fourth-order valence-corrected chi connectivity index (χ4v) is 2.91. The zero-order valence-corrected chi connectivity index (χ0v) is 14.3. The number of piperazine rings is 1. The van der Waals surface area contributed by atoms with Gasteiger partial charge in [-0.25, -0.2) is 14.2 Å². The minimum Gasteiger partial charge on any atom is -0.462 e. The molecule has 1 fully saturated rings. The van der Waals surface area contributed by atoms with Gasteiger partial charge in [0.25, 0.3) is 0 Å². The third-order valence-electron chi connectivity index (χ3n) is 4.31. The van der Waals surface area contributed by atoms with Gasteiger partial charge in [0, 0.05) is 44.5 Å². The van der Waals surface area contributed by atoms with Crippen molar-refractivity contribution in [2.24, 2.45) is 0 Å². The van der Waals surface area contributed by atoms with Crippen molar-refractivity contribution in [3.05, 3.63) is 59.5 Å². The number of ether oxygens (including phenoxy) is 1. The van der Waals surface area contributed by atoms with Crippen LogP contribution in [0.15, 0.2) is 42.6 Å². The molecule has 132 valence electrons. The van der Waals surface area contributed by atoms with Gasteiger partial charge in [-0.05, 0) is 25.1 Å². The van der Waals surface area contributed by atoms with Crippen LogP contribution in [0.3, 0.4) is 0 Å². The molecule has 1 saturated heterocycles. The van der Waals surface area contributed by atoms with E-state index in [0.717, 1.165) is 37.6 Å². The zero-order chi connectivity index (χ0) is 17.6. The average Bonchev–Trinajstić information content (AvgIpc) is 2.65. The summed E-state index contributed by atoms with van der Waals surface area (Å²) in [6.07, 6.45) is 1.55. The number of rotatable bonds is 5. The molecule has 1 aromatic heterocycles. The highest BCUT2D eigenvalue weighted by atomic mass is 19.1. The van der Waals surface area contributed by atoms with Crippen LogP contribution in [0.1, 0.15) is 22.8 Å². The first-order valence-electron chi connectivity index (χ1n) is 8.51. The van der Waals surface area contributed by atoms with E-state index in [1.165, 1.54) is 6.07 Å². The Morgan fingerprint density at radius 3 is 2.56 bits per heavy atom. The van der Waals surface area contributed by atoms with Crippen molar-refractivity contribution < 1.29 is 13.9 Å². The predicted molar refractivity (Wildman–Crippen MR) is 94.1 cm³/mol. The van der Waals surface area contributed by atoms with Crippen LogP contribution in [0, 0.1) is 5.82 Å². The van der Waals surface area contributed by atoms with E-state index in [-0.39, 0.29) is 11.8 Å². The minimum atomic E-state index is -0.351. The number of carbonyl (C=O) groups is 1. The van der Waals surface area contributed by atoms with Crippen molar-refractivity contribution in [2.45, 2.75) is 13.5 Å². The monoisotopic (exact) mass is 343 g/mol. The van der Waals surface area contributed by atoms with Crippen LogP contribution in [-0.2, 0) is 11.3 Å². The Morgan fingerprint density at radius 2 is 1.92 bits per heavy atom. The second-order valence-corrected chi connectivity index (χ2v) is 5.98. The Morgan fingerprint density at radius 1 is 1.16 bits per heavy atom. The van der Waals surface area contributed by atoms with Crippen molar-refractivity contribution in [1.82, 2.24) is 9.88 Å². The second kappa shape index (κ2) is 8.07. The lowest BCUT2D eigenvalue weighted by atomic mass is 10.2. The van der Waals surface area contributed by atoms with Gasteiger partial charge in [-0.2, -0.15) is 0 Å². The van der Waals surface area contributed by atoms with Gasteiger partial charge in [-0.3, -0.25) is 4.90 Å². The summed E-state index contributed by atoms with van der Waals surface area (Å²) in [6, 6.07) is 10.5. The Bertz CT molecular complexity index is 713. The maximum Gasteiger partial charge on any atom is 0.339 e. The molecule has 2 aromatic rings. The molecule has 25 heavy (non-hydrogen) atoms. The second-order valence-electron chi connectivity index (χ2n) is 5.98. The van der Waals surface area contributed by atoms with Crippen LogP contribution >= 0.6 is 0 Å². The maximum absolute atomic E-state index is 13.8. The van der Waals surface area contributed by atoms with E-state index >= 15 is 0 Å². The average molecular weight is 343 g/mol. The van der Waals surface area contributed by atoms with Gasteiger partial charge in [0.15, 0.2) is 0 Å². The van der Waals surface area contributed by atoms with Crippen LogP contribution in [0.25, 0.3) is 0 Å². The van der Waals surface area contributed by atoms with Crippen molar-refractivity contribution >= 4 is 11.8 Å². The summed E-state index contributed by atoms with van der Waals surface area (Å²) < 4.78 is 18.7. The number of anilines is 1. The first kappa shape index (κ1) is 17.4. The molecule has 0 aliphatic carbocycles. The number of pyridine rings is 1. The molecule has 1 aliphatic rings. The molecule has 5 nitrogen and oxygen atoms in total. The van der Waals surface area contributed by atoms with Crippen LogP contribution < -0.4 is 4.90 Å². The molecule has 0 radical (unpaired) electrons. The summed E-state index contributed by atoms with van der Waals surface area (Å²) >= 11 is 0. The number of hydrogen-bond donors (Lipinski definition) is 0. The lowest BCUT2D eigenvalue weighted by Crippen LogP contribution is -2.46. The number of halogens is 1. The van der Waals surface area contributed by atoms with Gasteiger partial charge in [0.05, 0.1) is 12.2 Å². The van der Waals surface area contributed by atoms with E-state index in [2.05, 4.69) is 14.8 Å². The van der Waals surface area contributed by atoms with E-state index in [4.69, 9.17) is 4.74 Å². The highest BCUT2D eigenvalue weighted by Crippen LogP contribution is 2.17. The summed E-state index contributed by atoms with van der Waals surface area (Å²) in [5, 5.41) is 0. The van der Waals surface area contributed by atoms with Crippen molar-refractivity contribution in [3.8, 4) is 0 Å². The van der Waals surface area contributed by atoms with Crippen molar-refractivity contribution in [1.29, 1.82) is 0 Å². The Kier molecular flexibility index (Phi) is 5.60. The van der Waals surface area contributed by atoms with E-state index in [9.17, 15) is 9.18 Å². The number of nitrogens with zero attached hydrogens (tertiary/aromatic N) is 3. The molecule has 0 spiro atoms. The predicted octanol–water partition coefficient (Wildman–Crippen LogP) is 2.72. The number of benzene rings is 1. The molecule has 0 unspecified atom stereocenters. The van der Waals surface area contributed by atoms with Gasteiger partial charge in [-0.15, -0.1) is 0 Å². The van der Waals surface area contributed by atoms with E-state index < -0.39 is 0 Å². The molecule has 0 atom stereocenters. The van der Waals surface area contributed by atoms with Crippen molar-refractivity contribution in [2.75, 3.05) is 37.7 Å². The first-order valence-corrected chi connectivity index (χ1v) is 8.51. The largest absolute Gasteiger partial charge is 0.462 e. The molecule has 0 amide bonds. The van der Waals surface area contributed by atoms with Gasteiger partial charge in [0.2, 0.25) is 0 Å². The summed E-state index contributed by atoms with van der Waals surface area (Å²) in [7, 11) is 0. The summed E-state index contributed by atoms with van der Waals surface area (Å²) in [5.41, 5.74) is 1.19.